The third-order valence-corrected chi connectivity index (χ3v) is 5.50. The van der Waals surface area contributed by atoms with Crippen LogP contribution in [0.25, 0.3) is 28.0 Å². The minimum atomic E-state index is -0.336. The maximum atomic E-state index is 12.7. The molecule has 33 heavy (non-hydrogen) atoms. The van der Waals surface area contributed by atoms with E-state index >= 15 is 0 Å². The van der Waals surface area contributed by atoms with E-state index in [1.807, 2.05) is 61.5 Å². The summed E-state index contributed by atoms with van der Waals surface area (Å²) in [4.78, 5) is 14.3. The molecule has 0 spiro atoms. The van der Waals surface area contributed by atoms with Gasteiger partial charge in [0, 0.05) is 15.7 Å². The maximum absolute atomic E-state index is 12.7. The Morgan fingerprint density at radius 1 is 0.970 bits per heavy atom. The molecule has 0 bridgehead atoms. The average Bonchev–Trinajstić information content (AvgIpc) is 3.48. The zero-order valence-corrected chi connectivity index (χ0v) is 19.2. The molecule has 0 atom stereocenters. The quantitative estimate of drug-likeness (QED) is 0.303. The molecule has 2 aromatic heterocycles. The van der Waals surface area contributed by atoms with Gasteiger partial charge in [0.2, 0.25) is 0 Å². The Kier molecular flexibility index (Phi) is 5.66. The number of anilines is 1. The van der Waals surface area contributed by atoms with Gasteiger partial charge in [0.15, 0.2) is 5.76 Å². The van der Waals surface area contributed by atoms with Crippen molar-refractivity contribution in [3.63, 3.8) is 0 Å². The molecule has 0 saturated carbocycles. The second-order valence-electron chi connectivity index (χ2n) is 7.24. The van der Waals surface area contributed by atoms with Gasteiger partial charge in [-0.05, 0) is 73.7 Å². The summed E-state index contributed by atoms with van der Waals surface area (Å²) < 4.78 is 12.2. The van der Waals surface area contributed by atoms with E-state index in [4.69, 9.17) is 9.15 Å². The first-order valence-corrected chi connectivity index (χ1v) is 11.2. The van der Waals surface area contributed by atoms with E-state index in [9.17, 15) is 4.79 Å². The largest absolute Gasteiger partial charge is 0.494 e. The predicted octanol–water partition coefficient (Wildman–Crippen LogP) is 6.09. The van der Waals surface area contributed by atoms with Gasteiger partial charge in [0.05, 0.1) is 12.3 Å². The summed E-state index contributed by atoms with van der Waals surface area (Å²) in [5.74, 6) is 1.31. The molecular formula is C25H19BrN4O3. The normalized spacial score (nSPS) is 11.0. The lowest BCUT2D eigenvalue weighted by Gasteiger charge is -2.03. The molecule has 0 fully saturated rings. The number of aromatic nitrogens is 3. The monoisotopic (exact) mass is 502 g/mol. The summed E-state index contributed by atoms with van der Waals surface area (Å²) in [7, 11) is 0. The molecule has 7 nitrogen and oxygen atoms in total. The topological polar surface area (TPSA) is 82.2 Å². The number of benzene rings is 3. The van der Waals surface area contributed by atoms with Crippen molar-refractivity contribution >= 4 is 38.6 Å². The van der Waals surface area contributed by atoms with Crippen molar-refractivity contribution in [3.8, 4) is 22.8 Å². The minimum Gasteiger partial charge on any atom is -0.494 e. The van der Waals surface area contributed by atoms with E-state index in [1.54, 1.807) is 29.1 Å². The minimum absolute atomic E-state index is 0.228. The number of amides is 1. The average molecular weight is 503 g/mol. The van der Waals surface area contributed by atoms with Gasteiger partial charge in [0.1, 0.15) is 22.5 Å². The third-order valence-electron chi connectivity index (χ3n) is 4.98. The lowest BCUT2D eigenvalue weighted by atomic mass is 10.2. The smallest absolute Gasteiger partial charge is 0.291 e. The van der Waals surface area contributed by atoms with Gasteiger partial charge in [-0.15, -0.1) is 10.2 Å². The van der Waals surface area contributed by atoms with Crippen LogP contribution in [0.2, 0.25) is 0 Å². The Morgan fingerprint density at radius 2 is 1.73 bits per heavy atom. The number of rotatable bonds is 6. The first-order valence-electron chi connectivity index (χ1n) is 10.4. The Hall–Kier alpha value is -3.91. The van der Waals surface area contributed by atoms with Crippen molar-refractivity contribution in [2.24, 2.45) is 0 Å². The van der Waals surface area contributed by atoms with Gasteiger partial charge in [-0.3, -0.25) is 4.79 Å². The first kappa shape index (κ1) is 21.0. The standard InChI is InChI=1S/C25H19BrN4O3/c1-2-32-20-10-8-19(9-11-20)30-28-21-12-7-18(15-22(21)29-30)27-25(31)24-14-13-23(33-24)16-3-5-17(26)6-4-16/h3-15H,2H2,1H3,(H,27,31). The van der Waals surface area contributed by atoms with Crippen LogP contribution in [-0.4, -0.2) is 27.5 Å². The first-order chi connectivity index (χ1) is 16.1. The highest BCUT2D eigenvalue weighted by Gasteiger charge is 2.14. The highest BCUT2D eigenvalue weighted by atomic mass is 79.9. The number of furan rings is 1. The van der Waals surface area contributed by atoms with Crippen LogP contribution in [-0.2, 0) is 0 Å². The molecule has 0 aliphatic carbocycles. The molecule has 3 aromatic carbocycles. The Morgan fingerprint density at radius 3 is 2.48 bits per heavy atom. The lowest BCUT2D eigenvalue weighted by Crippen LogP contribution is -2.10. The number of hydrogen-bond donors (Lipinski definition) is 1. The van der Waals surface area contributed by atoms with Gasteiger partial charge in [-0.2, -0.15) is 4.80 Å². The fourth-order valence-corrected chi connectivity index (χ4v) is 3.64. The van der Waals surface area contributed by atoms with Crippen LogP contribution in [0.1, 0.15) is 17.5 Å². The summed E-state index contributed by atoms with van der Waals surface area (Å²) in [6.07, 6.45) is 0. The maximum Gasteiger partial charge on any atom is 0.291 e. The van der Waals surface area contributed by atoms with Crippen LogP contribution in [0.5, 0.6) is 5.75 Å². The van der Waals surface area contributed by atoms with Crippen molar-refractivity contribution < 1.29 is 13.9 Å². The van der Waals surface area contributed by atoms with E-state index < -0.39 is 0 Å². The van der Waals surface area contributed by atoms with Crippen LogP contribution in [0, 0.1) is 0 Å². The van der Waals surface area contributed by atoms with Crippen molar-refractivity contribution in [1.82, 2.24) is 15.0 Å². The number of carbonyl (C=O) groups excluding carboxylic acids is 1. The Balaban J connectivity index is 1.33. The number of nitrogens with one attached hydrogen (secondary N) is 1. The van der Waals surface area contributed by atoms with Crippen molar-refractivity contribution in [2.75, 3.05) is 11.9 Å². The molecule has 164 valence electrons. The molecule has 5 aromatic rings. The molecule has 5 rings (SSSR count). The summed E-state index contributed by atoms with van der Waals surface area (Å²) in [5, 5.41) is 11.9. The predicted molar refractivity (Wildman–Crippen MR) is 130 cm³/mol. The molecule has 0 saturated heterocycles. The van der Waals surface area contributed by atoms with E-state index in [0.29, 0.717) is 23.6 Å². The third kappa shape index (κ3) is 4.51. The van der Waals surface area contributed by atoms with E-state index in [2.05, 4.69) is 31.4 Å². The van der Waals surface area contributed by atoms with Crippen molar-refractivity contribution in [2.45, 2.75) is 6.92 Å². The number of carbonyl (C=O) groups is 1. The second kappa shape index (κ2) is 8.91. The Labute approximate surface area is 198 Å². The van der Waals surface area contributed by atoms with E-state index in [0.717, 1.165) is 27.0 Å². The second-order valence-corrected chi connectivity index (χ2v) is 8.16. The van der Waals surface area contributed by atoms with Gasteiger partial charge < -0.3 is 14.5 Å². The molecule has 0 aliphatic rings. The lowest BCUT2D eigenvalue weighted by molar-refractivity contribution is 0.0997. The highest BCUT2D eigenvalue weighted by Crippen LogP contribution is 2.25. The van der Waals surface area contributed by atoms with Crippen LogP contribution in [0.15, 0.2) is 87.8 Å². The molecular weight excluding hydrogens is 484 g/mol. The molecule has 8 heteroatoms. The van der Waals surface area contributed by atoms with Crippen molar-refractivity contribution in [3.05, 3.63) is 89.1 Å². The zero-order valence-electron chi connectivity index (χ0n) is 17.7. The SMILES string of the molecule is CCOc1ccc(-n2nc3ccc(NC(=O)c4ccc(-c5ccc(Br)cc5)o4)cc3n2)cc1. The summed E-state index contributed by atoms with van der Waals surface area (Å²) in [5.41, 5.74) is 3.70. The van der Waals surface area contributed by atoms with E-state index in [-0.39, 0.29) is 11.7 Å². The summed E-state index contributed by atoms with van der Waals surface area (Å²) in [6.45, 7) is 2.56. The van der Waals surface area contributed by atoms with Crippen LogP contribution >= 0.6 is 15.9 Å². The molecule has 1 N–H and O–H groups in total. The Bertz CT molecular complexity index is 1420. The van der Waals surface area contributed by atoms with E-state index in [1.165, 1.54) is 0 Å². The van der Waals surface area contributed by atoms with Crippen LogP contribution in [0.4, 0.5) is 5.69 Å². The van der Waals surface area contributed by atoms with Gasteiger partial charge >= 0.3 is 0 Å². The van der Waals surface area contributed by atoms with Gasteiger partial charge in [0.25, 0.3) is 5.91 Å². The zero-order chi connectivity index (χ0) is 22.8. The van der Waals surface area contributed by atoms with Gasteiger partial charge in [-0.1, -0.05) is 28.1 Å². The highest BCUT2D eigenvalue weighted by molar-refractivity contribution is 9.10. The summed E-state index contributed by atoms with van der Waals surface area (Å²) in [6, 6.07) is 24.1. The fourth-order valence-electron chi connectivity index (χ4n) is 3.37. The summed E-state index contributed by atoms with van der Waals surface area (Å²) >= 11 is 3.41. The number of halogens is 1. The van der Waals surface area contributed by atoms with Crippen LogP contribution < -0.4 is 10.1 Å². The number of hydrogen-bond acceptors (Lipinski definition) is 5. The van der Waals surface area contributed by atoms with Gasteiger partial charge in [-0.25, -0.2) is 0 Å². The molecule has 2 heterocycles. The number of ether oxygens (including phenoxy) is 1. The molecule has 1 amide bonds. The van der Waals surface area contributed by atoms with Crippen LogP contribution in [0.3, 0.4) is 0 Å². The molecule has 0 aliphatic heterocycles. The molecule has 0 unspecified atom stereocenters. The number of fused-ring (bicyclic) bond motifs is 1. The fraction of sp³-hybridized carbons (Fsp3) is 0.0800. The molecule has 0 radical (unpaired) electrons. The number of nitrogens with zero attached hydrogens (tertiary/aromatic N) is 3. The van der Waals surface area contributed by atoms with Crippen molar-refractivity contribution in [1.29, 1.82) is 0 Å².